The van der Waals surface area contributed by atoms with Crippen molar-refractivity contribution in [2.75, 3.05) is 0 Å². The van der Waals surface area contributed by atoms with Gasteiger partial charge >= 0.3 is 6.18 Å². The fourth-order valence-corrected chi connectivity index (χ4v) is 7.41. The van der Waals surface area contributed by atoms with Crippen LogP contribution in [-0.4, -0.2) is 17.0 Å². The molecule has 0 spiro atoms. The van der Waals surface area contributed by atoms with E-state index in [-0.39, 0.29) is 28.6 Å². The SMILES string of the molecule is CC12CCC3C(CC=C4CC(O)CCC43C)C1CC(=Cc1ccc(C(F)(F)F)cc1)C2=O. The number of alkyl halides is 3. The topological polar surface area (TPSA) is 37.3 Å². The summed E-state index contributed by atoms with van der Waals surface area (Å²) in [4.78, 5) is 13.5. The van der Waals surface area contributed by atoms with E-state index in [1.807, 2.05) is 6.08 Å². The molecule has 4 aliphatic carbocycles. The molecule has 5 rings (SSSR count). The molecule has 0 aromatic heterocycles. The van der Waals surface area contributed by atoms with Gasteiger partial charge in [0, 0.05) is 5.41 Å². The third kappa shape index (κ3) is 3.30. The minimum absolute atomic E-state index is 0.117. The lowest BCUT2D eigenvalue weighted by atomic mass is 9.48. The molecule has 0 heterocycles. The van der Waals surface area contributed by atoms with Gasteiger partial charge in [0.25, 0.3) is 0 Å². The first-order valence-corrected chi connectivity index (χ1v) is 11.8. The Labute approximate surface area is 187 Å². The molecule has 2 nitrogen and oxygen atoms in total. The molecule has 1 aromatic rings. The predicted octanol–water partition coefficient (Wildman–Crippen LogP) is 6.59. The van der Waals surface area contributed by atoms with Gasteiger partial charge in [-0.1, -0.05) is 37.6 Å². The summed E-state index contributed by atoms with van der Waals surface area (Å²) in [5.74, 6) is 1.43. The van der Waals surface area contributed by atoms with Gasteiger partial charge in [-0.3, -0.25) is 4.79 Å². The van der Waals surface area contributed by atoms with E-state index in [9.17, 15) is 23.1 Å². The Morgan fingerprint density at radius 1 is 1.00 bits per heavy atom. The highest BCUT2D eigenvalue weighted by Crippen LogP contribution is 2.64. The molecule has 32 heavy (non-hydrogen) atoms. The quantitative estimate of drug-likeness (QED) is 0.392. The molecule has 0 amide bonds. The van der Waals surface area contributed by atoms with Crippen molar-refractivity contribution >= 4 is 11.9 Å². The van der Waals surface area contributed by atoms with Gasteiger partial charge in [-0.05, 0) is 97.5 Å². The van der Waals surface area contributed by atoms with Crippen LogP contribution < -0.4 is 0 Å². The van der Waals surface area contributed by atoms with Crippen molar-refractivity contribution in [3.05, 3.63) is 52.6 Å². The maximum absolute atomic E-state index is 13.5. The van der Waals surface area contributed by atoms with Gasteiger partial charge in [0.15, 0.2) is 5.78 Å². The number of ketones is 1. The lowest BCUT2D eigenvalue weighted by Gasteiger charge is -2.56. The summed E-state index contributed by atoms with van der Waals surface area (Å²) in [5, 5.41) is 10.2. The summed E-state index contributed by atoms with van der Waals surface area (Å²) in [6.07, 6.45) is 5.76. The van der Waals surface area contributed by atoms with Crippen LogP contribution in [0.5, 0.6) is 0 Å². The molecule has 0 radical (unpaired) electrons. The number of hydrogen-bond donors (Lipinski definition) is 1. The molecule has 0 aliphatic heterocycles. The number of aliphatic hydroxyl groups is 1. The molecule has 6 atom stereocenters. The minimum Gasteiger partial charge on any atom is -0.393 e. The maximum atomic E-state index is 13.5. The lowest BCUT2D eigenvalue weighted by Crippen LogP contribution is -2.50. The second kappa shape index (κ2) is 7.31. The summed E-state index contributed by atoms with van der Waals surface area (Å²) >= 11 is 0. The van der Waals surface area contributed by atoms with Crippen LogP contribution in [0, 0.1) is 28.6 Å². The number of allylic oxidation sites excluding steroid dienone is 2. The molecular formula is C27H31F3O2. The molecule has 0 bridgehead atoms. The van der Waals surface area contributed by atoms with Crippen molar-refractivity contribution < 1.29 is 23.1 Å². The van der Waals surface area contributed by atoms with E-state index in [0.29, 0.717) is 23.8 Å². The van der Waals surface area contributed by atoms with Gasteiger partial charge in [0.2, 0.25) is 0 Å². The van der Waals surface area contributed by atoms with Crippen LogP contribution in [0.2, 0.25) is 0 Å². The normalized spacial score (nSPS) is 40.5. The Kier molecular flexibility index (Phi) is 5.01. The molecule has 1 N–H and O–H groups in total. The second-order valence-corrected chi connectivity index (χ2v) is 10.9. The molecule has 5 heteroatoms. The van der Waals surface area contributed by atoms with Crippen molar-refractivity contribution in [3.8, 4) is 0 Å². The Balaban J connectivity index is 1.43. The molecule has 1 aromatic carbocycles. The molecule has 6 unspecified atom stereocenters. The minimum atomic E-state index is -4.36. The Morgan fingerprint density at radius 2 is 1.69 bits per heavy atom. The van der Waals surface area contributed by atoms with Gasteiger partial charge in [0.05, 0.1) is 11.7 Å². The van der Waals surface area contributed by atoms with E-state index < -0.39 is 11.7 Å². The standard InChI is InChI=1S/C27H31F3O2/c1-25-11-9-20(31)15-19(25)7-8-21-22(25)10-12-26(2)23(21)14-17(24(26)32)13-16-3-5-18(6-4-16)27(28,29)30/h3-7,13,20-23,31H,8-12,14-15H2,1-2H3. The number of benzene rings is 1. The van der Waals surface area contributed by atoms with E-state index in [1.165, 1.54) is 17.7 Å². The average molecular weight is 445 g/mol. The van der Waals surface area contributed by atoms with Crippen LogP contribution in [0.3, 0.4) is 0 Å². The highest BCUT2D eigenvalue weighted by molar-refractivity contribution is 6.05. The van der Waals surface area contributed by atoms with Crippen molar-refractivity contribution in [2.24, 2.45) is 28.6 Å². The molecule has 172 valence electrons. The van der Waals surface area contributed by atoms with Crippen LogP contribution in [0.25, 0.3) is 6.08 Å². The third-order valence-electron chi connectivity index (χ3n) is 9.30. The highest BCUT2D eigenvalue weighted by atomic mass is 19.4. The second-order valence-electron chi connectivity index (χ2n) is 10.9. The Hall–Kier alpha value is -1.88. The number of hydrogen-bond acceptors (Lipinski definition) is 2. The van der Waals surface area contributed by atoms with Crippen LogP contribution in [-0.2, 0) is 11.0 Å². The molecule has 3 fully saturated rings. The van der Waals surface area contributed by atoms with Gasteiger partial charge in [-0.2, -0.15) is 13.2 Å². The summed E-state index contributed by atoms with van der Waals surface area (Å²) < 4.78 is 38.6. The molecule has 0 saturated heterocycles. The molecule has 3 saturated carbocycles. The number of aliphatic hydroxyl groups excluding tert-OH is 1. The van der Waals surface area contributed by atoms with Crippen LogP contribution in [0.4, 0.5) is 13.2 Å². The zero-order valence-corrected chi connectivity index (χ0v) is 18.7. The monoisotopic (exact) mass is 444 g/mol. The fraction of sp³-hybridized carbons (Fsp3) is 0.593. The van der Waals surface area contributed by atoms with E-state index in [2.05, 4.69) is 19.9 Å². The maximum Gasteiger partial charge on any atom is 0.416 e. The summed E-state index contributed by atoms with van der Waals surface area (Å²) in [6.45, 7) is 4.47. The van der Waals surface area contributed by atoms with Crippen molar-refractivity contribution in [3.63, 3.8) is 0 Å². The number of carbonyl (C=O) groups excluding carboxylic acids is 1. The van der Waals surface area contributed by atoms with Crippen LogP contribution in [0.1, 0.15) is 69.9 Å². The van der Waals surface area contributed by atoms with Gasteiger partial charge in [0.1, 0.15) is 0 Å². The Morgan fingerprint density at radius 3 is 2.38 bits per heavy atom. The predicted molar refractivity (Wildman–Crippen MR) is 118 cm³/mol. The van der Waals surface area contributed by atoms with E-state index >= 15 is 0 Å². The number of halogens is 3. The number of carbonyl (C=O) groups is 1. The average Bonchev–Trinajstić information content (AvgIpc) is 2.99. The van der Waals surface area contributed by atoms with Crippen LogP contribution in [0.15, 0.2) is 41.5 Å². The summed E-state index contributed by atoms with van der Waals surface area (Å²) in [5.41, 5.74) is 1.89. The smallest absolute Gasteiger partial charge is 0.393 e. The first kappa shape index (κ1) is 21.9. The zero-order chi connectivity index (χ0) is 22.9. The van der Waals surface area contributed by atoms with Crippen molar-refractivity contribution in [1.29, 1.82) is 0 Å². The van der Waals surface area contributed by atoms with E-state index in [4.69, 9.17) is 0 Å². The van der Waals surface area contributed by atoms with Crippen molar-refractivity contribution in [1.82, 2.24) is 0 Å². The largest absolute Gasteiger partial charge is 0.416 e. The fourth-order valence-electron chi connectivity index (χ4n) is 7.41. The zero-order valence-electron chi connectivity index (χ0n) is 18.7. The lowest BCUT2D eigenvalue weighted by molar-refractivity contribution is -0.137. The Bertz CT molecular complexity index is 989. The van der Waals surface area contributed by atoms with Gasteiger partial charge in [-0.25, -0.2) is 0 Å². The number of Topliss-reactive ketones (excluding diaryl/α,β-unsaturated/α-hetero) is 1. The number of fused-ring (bicyclic) bond motifs is 5. The van der Waals surface area contributed by atoms with Gasteiger partial charge in [-0.15, -0.1) is 0 Å². The van der Waals surface area contributed by atoms with Crippen molar-refractivity contribution in [2.45, 2.75) is 71.1 Å². The van der Waals surface area contributed by atoms with E-state index in [1.54, 1.807) is 0 Å². The third-order valence-corrected chi connectivity index (χ3v) is 9.30. The number of rotatable bonds is 1. The summed E-state index contributed by atoms with van der Waals surface area (Å²) in [6, 6.07) is 5.09. The summed E-state index contributed by atoms with van der Waals surface area (Å²) in [7, 11) is 0. The van der Waals surface area contributed by atoms with Gasteiger partial charge < -0.3 is 5.11 Å². The van der Waals surface area contributed by atoms with Crippen LogP contribution >= 0.6 is 0 Å². The first-order valence-electron chi connectivity index (χ1n) is 11.8. The highest BCUT2D eigenvalue weighted by Gasteiger charge is 2.59. The molecule has 4 aliphatic rings. The molecular weight excluding hydrogens is 413 g/mol. The van der Waals surface area contributed by atoms with E-state index in [0.717, 1.165) is 56.2 Å². The first-order chi connectivity index (χ1) is 15.0.